The number of rotatable bonds is 10. The summed E-state index contributed by atoms with van der Waals surface area (Å²) in [5, 5.41) is 0. The van der Waals surface area contributed by atoms with Gasteiger partial charge in [0, 0.05) is 0 Å². The Morgan fingerprint density at radius 1 is 0.600 bits per heavy atom. The maximum absolute atomic E-state index is 2.45. The van der Waals surface area contributed by atoms with Crippen LogP contribution in [0.2, 0.25) is 0 Å². The van der Waals surface area contributed by atoms with Crippen molar-refractivity contribution in [3.63, 3.8) is 0 Å². The summed E-state index contributed by atoms with van der Waals surface area (Å²) in [7, 11) is 0. The van der Waals surface area contributed by atoms with E-state index < -0.39 is 0 Å². The topological polar surface area (TPSA) is 0 Å². The van der Waals surface area contributed by atoms with Crippen LogP contribution in [0.15, 0.2) is 0 Å². The van der Waals surface area contributed by atoms with Gasteiger partial charge in [-0.05, 0) is 11.8 Å². The average molecular weight is 212 g/mol. The molecular weight excluding hydrogens is 180 g/mol. The third kappa shape index (κ3) is 8.96. The van der Waals surface area contributed by atoms with Crippen molar-refractivity contribution in [1.82, 2.24) is 0 Å². The van der Waals surface area contributed by atoms with Crippen LogP contribution in [0.1, 0.15) is 85.5 Å². The van der Waals surface area contributed by atoms with Crippen molar-refractivity contribution in [3.8, 4) is 0 Å². The SMILES string of the molecule is CCCCCCC(C)C(C)CCCCC. The summed E-state index contributed by atoms with van der Waals surface area (Å²) >= 11 is 0. The van der Waals surface area contributed by atoms with Gasteiger partial charge in [0.2, 0.25) is 0 Å². The van der Waals surface area contributed by atoms with E-state index in [1.807, 2.05) is 0 Å². The zero-order valence-corrected chi connectivity index (χ0v) is 11.5. The Morgan fingerprint density at radius 3 is 1.47 bits per heavy atom. The van der Waals surface area contributed by atoms with Crippen molar-refractivity contribution in [1.29, 1.82) is 0 Å². The van der Waals surface area contributed by atoms with Crippen LogP contribution in [0.25, 0.3) is 0 Å². The second-order valence-electron chi connectivity index (χ2n) is 5.30. The highest BCUT2D eigenvalue weighted by Gasteiger charge is 2.10. The molecule has 0 spiro atoms. The van der Waals surface area contributed by atoms with E-state index in [0.717, 1.165) is 11.8 Å². The van der Waals surface area contributed by atoms with Gasteiger partial charge in [-0.25, -0.2) is 0 Å². The molecule has 0 saturated heterocycles. The molecule has 2 atom stereocenters. The van der Waals surface area contributed by atoms with Gasteiger partial charge in [-0.3, -0.25) is 0 Å². The summed E-state index contributed by atoms with van der Waals surface area (Å²) in [5.41, 5.74) is 0. The molecule has 92 valence electrons. The van der Waals surface area contributed by atoms with Crippen LogP contribution in [0.3, 0.4) is 0 Å². The van der Waals surface area contributed by atoms with E-state index in [4.69, 9.17) is 0 Å². The van der Waals surface area contributed by atoms with Crippen LogP contribution in [0.5, 0.6) is 0 Å². The van der Waals surface area contributed by atoms with E-state index >= 15 is 0 Å². The maximum Gasteiger partial charge on any atom is -0.0417 e. The number of hydrogen-bond acceptors (Lipinski definition) is 0. The second kappa shape index (κ2) is 10.5. The average Bonchev–Trinajstić information content (AvgIpc) is 2.24. The van der Waals surface area contributed by atoms with E-state index in [2.05, 4.69) is 27.7 Å². The molecule has 0 radical (unpaired) electrons. The molecule has 0 nitrogen and oxygen atoms in total. The molecule has 0 fully saturated rings. The van der Waals surface area contributed by atoms with Crippen LogP contribution in [0, 0.1) is 11.8 Å². The lowest BCUT2D eigenvalue weighted by Gasteiger charge is -2.19. The van der Waals surface area contributed by atoms with Gasteiger partial charge in [0.1, 0.15) is 0 Å². The normalized spacial score (nSPS) is 15.2. The largest absolute Gasteiger partial charge is 0.0654 e. The third-order valence-corrected chi connectivity index (χ3v) is 3.75. The van der Waals surface area contributed by atoms with E-state index in [9.17, 15) is 0 Å². The first-order valence-corrected chi connectivity index (χ1v) is 7.22. The molecule has 0 aliphatic carbocycles. The molecular formula is C15H32. The first kappa shape index (κ1) is 15.0. The van der Waals surface area contributed by atoms with Gasteiger partial charge in [0.15, 0.2) is 0 Å². The molecule has 0 N–H and O–H groups in total. The van der Waals surface area contributed by atoms with E-state index in [-0.39, 0.29) is 0 Å². The molecule has 0 amide bonds. The Bertz CT molecular complexity index is 117. The molecule has 15 heavy (non-hydrogen) atoms. The summed E-state index contributed by atoms with van der Waals surface area (Å²) in [6.45, 7) is 9.47. The lowest BCUT2D eigenvalue weighted by molar-refractivity contribution is 0.324. The minimum Gasteiger partial charge on any atom is -0.0654 e. The molecule has 0 aromatic rings. The fourth-order valence-electron chi connectivity index (χ4n) is 2.18. The van der Waals surface area contributed by atoms with Gasteiger partial charge in [-0.15, -0.1) is 0 Å². The minimum absolute atomic E-state index is 0.943. The number of unbranched alkanes of at least 4 members (excludes halogenated alkanes) is 5. The molecule has 0 bridgehead atoms. The first-order valence-electron chi connectivity index (χ1n) is 7.22. The van der Waals surface area contributed by atoms with Gasteiger partial charge >= 0.3 is 0 Å². The first-order chi connectivity index (χ1) is 7.22. The highest BCUT2D eigenvalue weighted by Crippen LogP contribution is 2.23. The smallest absolute Gasteiger partial charge is 0.0417 e. The van der Waals surface area contributed by atoms with Crippen LogP contribution >= 0.6 is 0 Å². The predicted octanol–water partition coefficient (Wildman–Crippen LogP) is 5.81. The van der Waals surface area contributed by atoms with Crippen molar-refractivity contribution < 1.29 is 0 Å². The molecule has 0 aliphatic heterocycles. The third-order valence-electron chi connectivity index (χ3n) is 3.75. The van der Waals surface area contributed by atoms with Crippen molar-refractivity contribution in [3.05, 3.63) is 0 Å². The summed E-state index contributed by atoms with van der Waals surface area (Å²) in [5.74, 6) is 1.89. The highest BCUT2D eigenvalue weighted by molar-refractivity contribution is 4.62. The lowest BCUT2D eigenvalue weighted by atomic mass is 9.87. The second-order valence-corrected chi connectivity index (χ2v) is 5.30. The van der Waals surface area contributed by atoms with E-state index in [1.54, 1.807) is 0 Å². The Morgan fingerprint density at radius 2 is 1.00 bits per heavy atom. The monoisotopic (exact) mass is 212 g/mol. The van der Waals surface area contributed by atoms with Gasteiger partial charge in [-0.2, -0.15) is 0 Å². The summed E-state index contributed by atoms with van der Waals surface area (Å²) in [6, 6.07) is 0. The van der Waals surface area contributed by atoms with Crippen LogP contribution in [-0.2, 0) is 0 Å². The zero-order chi connectivity index (χ0) is 11.5. The Kier molecular flexibility index (Phi) is 10.5. The highest BCUT2D eigenvalue weighted by atomic mass is 14.2. The molecule has 0 aromatic heterocycles. The van der Waals surface area contributed by atoms with Gasteiger partial charge in [-0.1, -0.05) is 85.5 Å². The summed E-state index contributed by atoms with van der Waals surface area (Å²) < 4.78 is 0. The molecule has 0 aliphatic rings. The van der Waals surface area contributed by atoms with Crippen LogP contribution in [0.4, 0.5) is 0 Å². The van der Waals surface area contributed by atoms with Gasteiger partial charge < -0.3 is 0 Å². The van der Waals surface area contributed by atoms with Crippen LogP contribution in [-0.4, -0.2) is 0 Å². The standard InChI is InChI=1S/C15H32/c1-5-7-9-11-13-15(4)14(3)12-10-8-6-2/h14-15H,5-13H2,1-4H3. The molecule has 0 aromatic carbocycles. The number of hydrogen-bond donors (Lipinski definition) is 0. The fraction of sp³-hybridized carbons (Fsp3) is 1.00. The van der Waals surface area contributed by atoms with Crippen LogP contribution < -0.4 is 0 Å². The van der Waals surface area contributed by atoms with Gasteiger partial charge in [0.25, 0.3) is 0 Å². The Labute approximate surface area is 97.8 Å². The van der Waals surface area contributed by atoms with Crippen molar-refractivity contribution >= 4 is 0 Å². The quantitative estimate of drug-likeness (QED) is 0.401. The van der Waals surface area contributed by atoms with Crippen molar-refractivity contribution in [2.24, 2.45) is 11.8 Å². The lowest BCUT2D eigenvalue weighted by Crippen LogP contribution is -2.07. The molecule has 2 unspecified atom stereocenters. The molecule has 0 rings (SSSR count). The molecule has 0 heterocycles. The maximum atomic E-state index is 2.45. The van der Waals surface area contributed by atoms with Crippen molar-refractivity contribution in [2.45, 2.75) is 85.5 Å². The van der Waals surface area contributed by atoms with E-state index in [1.165, 1.54) is 57.8 Å². The van der Waals surface area contributed by atoms with E-state index in [0.29, 0.717) is 0 Å². The summed E-state index contributed by atoms with van der Waals surface area (Å²) in [6.07, 6.45) is 12.8. The van der Waals surface area contributed by atoms with Crippen molar-refractivity contribution in [2.75, 3.05) is 0 Å². The minimum atomic E-state index is 0.943. The predicted molar refractivity (Wildman–Crippen MR) is 71.2 cm³/mol. The molecule has 0 heteroatoms. The van der Waals surface area contributed by atoms with Gasteiger partial charge in [0.05, 0.1) is 0 Å². The fourth-order valence-corrected chi connectivity index (χ4v) is 2.18. The summed E-state index contributed by atoms with van der Waals surface area (Å²) in [4.78, 5) is 0. The zero-order valence-electron chi connectivity index (χ0n) is 11.5. The Hall–Kier alpha value is 0. The molecule has 0 saturated carbocycles. The Balaban J connectivity index is 3.38.